The van der Waals surface area contributed by atoms with E-state index in [4.69, 9.17) is 0 Å². The molecule has 0 radical (unpaired) electrons. The molecule has 8 heteroatoms. The topological polar surface area (TPSA) is 73.5 Å². The molecule has 2 fully saturated rings. The van der Waals surface area contributed by atoms with Gasteiger partial charge in [-0.05, 0) is 63.7 Å². The van der Waals surface area contributed by atoms with Gasteiger partial charge in [-0.25, -0.2) is 8.78 Å². The molecule has 0 spiro atoms. The third kappa shape index (κ3) is 5.26. The molecule has 3 atom stereocenters. The lowest BCUT2D eigenvalue weighted by atomic mass is 9.96. The number of likely N-dealkylation sites (tertiary alicyclic amines) is 1. The van der Waals surface area contributed by atoms with Crippen molar-refractivity contribution >= 4 is 17.5 Å². The molecule has 2 aliphatic heterocycles. The quantitative estimate of drug-likeness (QED) is 0.689. The summed E-state index contributed by atoms with van der Waals surface area (Å²) >= 11 is 0. The number of nitrogens with one attached hydrogen (secondary N) is 3. The number of benzene rings is 1. The van der Waals surface area contributed by atoms with Crippen LogP contribution in [0.4, 0.5) is 14.5 Å². The fraction of sp³-hybridized carbons (Fsp3) is 0.600. The molecule has 0 saturated carbocycles. The van der Waals surface area contributed by atoms with Crippen LogP contribution in [0, 0.1) is 17.6 Å². The molecule has 2 amide bonds. The molecule has 28 heavy (non-hydrogen) atoms. The van der Waals surface area contributed by atoms with Gasteiger partial charge in [-0.15, -0.1) is 0 Å². The second kappa shape index (κ2) is 9.43. The van der Waals surface area contributed by atoms with E-state index >= 15 is 0 Å². The minimum atomic E-state index is -0.791. The summed E-state index contributed by atoms with van der Waals surface area (Å²) < 4.78 is 26.8. The first-order valence-electron chi connectivity index (χ1n) is 9.95. The predicted molar refractivity (Wildman–Crippen MR) is 103 cm³/mol. The maximum absolute atomic E-state index is 13.8. The van der Waals surface area contributed by atoms with E-state index in [0.717, 1.165) is 50.9 Å². The Labute approximate surface area is 164 Å². The minimum Gasteiger partial charge on any atom is -0.354 e. The molecule has 3 N–H and O–H groups in total. The molecule has 154 valence electrons. The highest BCUT2D eigenvalue weighted by molar-refractivity contribution is 5.94. The van der Waals surface area contributed by atoms with E-state index in [0.29, 0.717) is 13.1 Å². The maximum Gasteiger partial charge on any atom is 0.241 e. The van der Waals surface area contributed by atoms with E-state index < -0.39 is 17.7 Å². The smallest absolute Gasteiger partial charge is 0.241 e. The van der Waals surface area contributed by atoms with Crippen LogP contribution in [0.1, 0.15) is 32.6 Å². The molecule has 3 unspecified atom stereocenters. The van der Waals surface area contributed by atoms with Gasteiger partial charge in [-0.2, -0.15) is 0 Å². The second-order valence-corrected chi connectivity index (χ2v) is 7.69. The Kier molecular flexibility index (Phi) is 6.96. The van der Waals surface area contributed by atoms with E-state index in [2.05, 4.69) is 16.0 Å². The molecular formula is C20H28F2N4O2. The number of rotatable bonds is 6. The summed E-state index contributed by atoms with van der Waals surface area (Å²) in [6.07, 6.45) is 3.83. The van der Waals surface area contributed by atoms with Crippen molar-refractivity contribution in [3.05, 3.63) is 29.8 Å². The zero-order valence-electron chi connectivity index (χ0n) is 16.1. The number of hydrogen-bond acceptors (Lipinski definition) is 4. The lowest BCUT2D eigenvalue weighted by Crippen LogP contribution is -2.50. The Balaban J connectivity index is 1.49. The molecule has 6 nitrogen and oxygen atoms in total. The van der Waals surface area contributed by atoms with Gasteiger partial charge in [0.25, 0.3) is 0 Å². The Morgan fingerprint density at radius 2 is 2.11 bits per heavy atom. The van der Waals surface area contributed by atoms with Crippen molar-refractivity contribution in [2.24, 2.45) is 5.92 Å². The fourth-order valence-corrected chi connectivity index (χ4v) is 3.89. The van der Waals surface area contributed by atoms with E-state index in [9.17, 15) is 18.4 Å². The highest BCUT2D eigenvalue weighted by Crippen LogP contribution is 2.20. The van der Waals surface area contributed by atoms with Crippen molar-refractivity contribution < 1.29 is 18.4 Å². The van der Waals surface area contributed by atoms with Crippen LogP contribution in [0.15, 0.2) is 18.2 Å². The molecule has 3 rings (SSSR count). The summed E-state index contributed by atoms with van der Waals surface area (Å²) in [5.74, 6) is -1.48. The van der Waals surface area contributed by atoms with E-state index in [-0.39, 0.29) is 29.5 Å². The summed E-state index contributed by atoms with van der Waals surface area (Å²) in [5, 5.41) is 8.75. The van der Waals surface area contributed by atoms with E-state index in [1.165, 1.54) is 6.07 Å². The lowest BCUT2D eigenvalue weighted by Gasteiger charge is -2.36. The van der Waals surface area contributed by atoms with Crippen LogP contribution in [0.25, 0.3) is 0 Å². The fourth-order valence-electron chi connectivity index (χ4n) is 3.89. The highest BCUT2D eigenvalue weighted by Gasteiger charge is 2.29. The molecule has 0 bridgehead atoms. The van der Waals surface area contributed by atoms with Gasteiger partial charge >= 0.3 is 0 Å². The average Bonchev–Trinajstić information content (AvgIpc) is 3.23. The average molecular weight is 394 g/mol. The Bertz CT molecular complexity index is 709. The molecule has 1 aromatic rings. The first-order chi connectivity index (χ1) is 13.4. The Morgan fingerprint density at radius 3 is 2.82 bits per heavy atom. The van der Waals surface area contributed by atoms with Gasteiger partial charge in [-0.3, -0.25) is 14.5 Å². The number of halogens is 2. The summed E-state index contributed by atoms with van der Waals surface area (Å²) in [5.41, 5.74) is -0.0249. The van der Waals surface area contributed by atoms with Crippen LogP contribution < -0.4 is 16.0 Å². The lowest BCUT2D eigenvalue weighted by molar-refractivity contribution is -0.124. The van der Waals surface area contributed by atoms with Crippen LogP contribution >= 0.6 is 0 Å². The largest absolute Gasteiger partial charge is 0.354 e. The number of amides is 2. The number of carbonyl (C=O) groups excluding carboxylic acids is 2. The van der Waals surface area contributed by atoms with Crippen LogP contribution in [-0.2, 0) is 9.59 Å². The number of anilines is 1. The van der Waals surface area contributed by atoms with Crippen molar-refractivity contribution in [3.8, 4) is 0 Å². The standard InChI is InChI=1S/C20H28F2N4O2/c1-13(19(27)25-17-7-6-15(21)10-16(17)22)26-9-3-4-14(12-26)11-24-20(28)18-5-2-8-23-18/h6-7,10,13-14,18,23H,2-5,8-9,11-12H2,1H3,(H,24,28)(H,25,27). The van der Waals surface area contributed by atoms with Crippen LogP contribution in [0.3, 0.4) is 0 Å². The highest BCUT2D eigenvalue weighted by atomic mass is 19.1. The predicted octanol–water partition coefficient (Wildman–Crippen LogP) is 1.87. The van der Waals surface area contributed by atoms with Crippen molar-refractivity contribution in [2.75, 3.05) is 31.5 Å². The number of piperidine rings is 1. The zero-order valence-corrected chi connectivity index (χ0v) is 16.1. The molecule has 2 saturated heterocycles. The first kappa shape index (κ1) is 20.7. The molecule has 2 heterocycles. The molecule has 0 aliphatic carbocycles. The van der Waals surface area contributed by atoms with Gasteiger partial charge in [0.1, 0.15) is 11.6 Å². The minimum absolute atomic E-state index is 0.0249. The first-order valence-corrected chi connectivity index (χ1v) is 9.95. The maximum atomic E-state index is 13.8. The SMILES string of the molecule is CC(C(=O)Nc1ccc(F)cc1F)N1CCCC(CNC(=O)C2CCCN2)C1. The normalized spacial score (nSPS) is 24.0. The second-order valence-electron chi connectivity index (χ2n) is 7.69. The van der Waals surface area contributed by atoms with Gasteiger partial charge in [0.2, 0.25) is 11.8 Å². The van der Waals surface area contributed by atoms with E-state index in [1.54, 1.807) is 6.92 Å². The number of carbonyl (C=O) groups is 2. The van der Waals surface area contributed by atoms with Crippen molar-refractivity contribution in [2.45, 2.75) is 44.7 Å². The Hall–Kier alpha value is -2.06. The van der Waals surface area contributed by atoms with Gasteiger partial charge in [0.05, 0.1) is 17.8 Å². The monoisotopic (exact) mass is 394 g/mol. The third-order valence-electron chi connectivity index (χ3n) is 5.61. The summed E-state index contributed by atoms with van der Waals surface area (Å²) in [6, 6.07) is 2.55. The van der Waals surface area contributed by atoms with Gasteiger partial charge in [0, 0.05) is 19.2 Å². The van der Waals surface area contributed by atoms with E-state index in [1.807, 2.05) is 4.90 Å². The summed E-state index contributed by atoms with van der Waals surface area (Å²) in [4.78, 5) is 26.7. The molecule has 2 aliphatic rings. The van der Waals surface area contributed by atoms with Gasteiger partial charge < -0.3 is 16.0 Å². The number of hydrogen-bond donors (Lipinski definition) is 3. The van der Waals surface area contributed by atoms with Gasteiger partial charge in [-0.1, -0.05) is 0 Å². The Morgan fingerprint density at radius 1 is 1.29 bits per heavy atom. The van der Waals surface area contributed by atoms with Crippen LogP contribution in [-0.4, -0.2) is 55.0 Å². The summed E-state index contributed by atoms with van der Waals surface area (Å²) in [6.45, 7) is 4.72. The molecule has 0 aromatic heterocycles. The number of nitrogens with zero attached hydrogens (tertiary/aromatic N) is 1. The third-order valence-corrected chi connectivity index (χ3v) is 5.61. The van der Waals surface area contributed by atoms with Crippen molar-refractivity contribution in [3.63, 3.8) is 0 Å². The van der Waals surface area contributed by atoms with Crippen LogP contribution in [0.2, 0.25) is 0 Å². The van der Waals surface area contributed by atoms with Gasteiger partial charge in [0.15, 0.2) is 0 Å². The zero-order chi connectivity index (χ0) is 20.1. The van der Waals surface area contributed by atoms with Crippen molar-refractivity contribution in [1.29, 1.82) is 0 Å². The van der Waals surface area contributed by atoms with Crippen molar-refractivity contribution in [1.82, 2.24) is 15.5 Å². The molecule has 1 aromatic carbocycles. The summed E-state index contributed by atoms with van der Waals surface area (Å²) in [7, 11) is 0. The molecular weight excluding hydrogens is 366 g/mol. The van der Waals surface area contributed by atoms with Crippen LogP contribution in [0.5, 0.6) is 0 Å².